The van der Waals surface area contributed by atoms with E-state index in [2.05, 4.69) is 182 Å². The first kappa shape index (κ1) is 37.4. The highest BCUT2D eigenvalue weighted by atomic mass is 16.4. The molecule has 9 aromatic rings. The molecule has 0 radical (unpaired) electrons. The lowest BCUT2D eigenvalue weighted by molar-refractivity contribution is 0.370. The van der Waals surface area contributed by atoms with Gasteiger partial charge in [0.1, 0.15) is 17.2 Å². The Kier molecular flexibility index (Phi) is 8.85. The Morgan fingerprint density at radius 1 is 0.517 bits per heavy atom. The number of hydrogen-bond acceptors (Lipinski definition) is 4. The van der Waals surface area contributed by atoms with Gasteiger partial charge in [-0.2, -0.15) is 0 Å². The Morgan fingerprint density at radius 3 is 1.95 bits per heavy atom. The molecule has 0 atom stereocenters. The summed E-state index contributed by atoms with van der Waals surface area (Å²) in [6, 6.07) is 45.5. The first-order valence-corrected chi connectivity index (χ1v) is 20.3. The van der Waals surface area contributed by atoms with Gasteiger partial charge in [-0.1, -0.05) is 117 Å². The monoisotopic (exact) mass is 761 g/mol. The summed E-state index contributed by atoms with van der Waals surface area (Å²) in [5.74, 6) is 1.76. The third-order valence-electron chi connectivity index (χ3n) is 11.1. The van der Waals surface area contributed by atoms with E-state index >= 15 is 0 Å². The molecule has 58 heavy (non-hydrogen) atoms. The molecule has 0 amide bonds. The van der Waals surface area contributed by atoms with Gasteiger partial charge in [0.15, 0.2) is 11.2 Å². The van der Waals surface area contributed by atoms with Crippen molar-refractivity contribution in [3.8, 4) is 50.7 Å². The van der Waals surface area contributed by atoms with Crippen molar-refractivity contribution in [3.63, 3.8) is 0 Å². The van der Waals surface area contributed by atoms with Crippen molar-refractivity contribution in [2.24, 2.45) is 5.41 Å². The predicted molar refractivity (Wildman–Crippen MR) is 241 cm³/mol. The zero-order valence-electron chi connectivity index (χ0n) is 35.1. The van der Waals surface area contributed by atoms with Crippen molar-refractivity contribution in [1.82, 2.24) is 14.5 Å². The van der Waals surface area contributed by atoms with Crippen LogP contribution in [0.3, 0.4) is 0 Å². The van der Waals surface area contributed by atoms with E-state index in [9.17, 15) is 0 Å². The number of fused-ring (bicyclic) bond motifs is 4. The summed E-state index contributed by atoms with van der Waals surface area (Å²) in [7, 11) is 0. The molecule has 0 saturated carbocycles. The van der Waals surface area contributed by atoms with E-state index in [4.69, 9.17) is 18.8 Å². The maximum Gasteiger partial charge on any atom is 0.173 e. The zero-order chi connectivity index (χ0) is 40.6. The van der Waals surface area contributed by atoms with E-state index in [1.165, 1.54) is 16.5 Å². The Bertz CT molecular complexity index is 2940. The molecular weight excluding hydrogens is 711 g/mol. The summed E-state index contributed by atoms with van der Waals surface area (Å²) in [5, 5.41) is 2.33. The molecule has 0 aliphatic heterocycles. The van der Waals surface area contributed by atoms with Crippen molar-refractivity contribution < 1.29 is 8.83 Å². The van der Waals surface area contributed by atoms with Gasteiger partial charge in [0.05, 0.1) is 16.9 Å². The molecule has 4 aromatic carbocycles. The summed E-state index contributed by atoms with van der Waals surface area (Å²) < 4.78 is 14.7. The minimum absolute atomic E-state index is 0.0244. The summed E-state index contributed by atoms with van der Waals surface area (Å²) in [6.07, 6.45) is 2.77. The van der Waals surface area contributed by atoms with Crippen LogP contribution in [0.2, 0.25) is 0 Å². The van der Waals surface area contributed by atoms with E-state index in [0.717, 1.165) is 90.5 Å². The molecule has 0 fully saturated rings. The van der Waals surface area contributed by atoms with E-state index in [1.807, 2.05) is 18.3 Å². The lowest BCUT2D eigenvalue weighted by Gasteiger charge is -2.21. The Labute approximate surface area is 341 Å². The number of benzene rings is 4. The van der Waals surface area contributed by atoms with Crippen LogP contribution >= 0.6 is 0 Å². The Morgan fingerprint density at radius 2 is 1.22 bits per heavy atom. The Hall–Kier alpha value is -6.20. The molecule has 0 unspecified atom stereocenters. The largest absolute Gasteiger partial charge is 0.457 e. The van der Waals surface area contributed by atoms with E-state index < -0.39 is 0 Å². The van der Waals surface area contributed by atoms with Crippen molar-refractivity contribution in [2.45, 2.75) is 79.6 Å². The van der Waals surface area contributed by atoms with Crippen LogP contribution in [-0.4, -0.2) is 14.5 Å². The summed E-state index contributed by atoms with van der Waals surface area (Å²) in [5.41, 5.74) is 14.6. The number of para-hydroxylation sites is 1. The summed E-state index contributed by atoms with van der Waals surface area (Å²) >= 11 is 0. The van der Waals surface area contributed by atoms with Gasteiger partial charge >= 0.3 is 0 Å². The summed E-state index contributed by atoms with van der Waals surface area (Å²) in [4.78, 5) is 10.4. The average molecular weight is 762 g/mol. The fourth-order valence-electron chi connectivity index (χ4n) is 7.96. The molecule has 5 nitrogen and oxygen atoms in total. The minimum Gasteiger partial charge on any atom is -0.457 e. The lowest BCUT2D eigenvalue weighted by Crippen LogP contribution is -2.11. The van der Waals surface area contributed by atoms with Crippen molar-refractivity contribution in [2.75, 3.05) is 0 Å². The standard InChI is InChI=1S/C53H51N3O2/c1-51(2,3)32-41-30-48-49(57-41)31-47(58-48)34-19-17-33(18-20-34)35-23-24-54-45(28-35)37-25-36(26-39(27-37)53(7,8)9)44-22-21-43-42-15-10-11-16-46(42)56(50(43)55-44)40-14-12-13-38(29-40)52(4,5)6/h10-31H,32H2,1-9H3. The van der Waals surface area contributed by atoms with Gasteiger partial charge in [0.25, 0.3) is 0 Å². The fraction of sp³-hybridized carbons (Fsp3) is 0.245. The van der Waals surface area contributed by atoms with Crippen LogP contribution in [0.1, 0.15) is 79.2 Å². The van der Waals surface area contributed by atoms with Gasteiger partial charge in [-0.3, -0.25) is 9.55 Å². The van der Waals surface area contributed by atoms with E-state index in [0.29, 0.717) is 0 Å². The Balaban J connectivity index is 1.08. The molecule has 0 spiro atoms. The highest BCUT2D eigenvalue weighted by Gasteiger charge is 2.22. The maximum atomic E-state index is 6.23. The maximum absolute atomic E-state index is 6.23. The van der Waals surface area contributed by atoms with Crippen molar-refractivity contribution >= 4 is 33.1 Å². The van der Waals surface area contributed by atoms with Gasteiger partial charge in [0.2, 0.25) is 0 Å². The second-order valence-electron chi connectivity index (χ2n) is 19.1. The molecule has 0 aliphatic rings. The molecule has 5 heterocycles. The zero-order valence-corrected chi connectivity index (χ0v) is 35.1. The van der Waals surface area contributed by atoms with Crippen LogP contribution in [0.15, 0.2) is 142 Å². The SMILES string of the molecule is CC(C)(C)Cc1cc2oc(-c3ccc(-c4ccnc(-c5cc(-c6ccc7c8ccccc8n(-c8cccc(C(C)(C)C)c8)c7n6)cc(C(C)(C)C)c5)c4)cc3)cc2o1. The molecule has 5 aromatic heterocycles. The first-order valence-electron chi connectivity index (χ1n) is 20.3. The molecule has 0 bridgehead atoms. The minimum atomic E-state index is -0.0916. The van der Waals surface area contributed by atoms with Gasteiger partial charge < -0.3 is 8.83 Å². The number of aromatic nitrogens is 3. The number of rotatable bonds is 6. The second kappa shape index (κ2) is 13.7. The molecule has 290 valence electrons. The second-order valence-corrected chi connectivity index (χ2v) is 19.1. The quantitative estimate of drug-likeness (QED) is 0.169. The summed E-state index contributed by atoms with van der Waals surface area (Å²) in [6.45, 7) is 20.2. The molecule has 9 rings (SSSR count). The number of pyridine rings is 2. The number of furan rings is 2. The number of hydrogen-bond donors (Lipinski definition) is 0. The third-order valence-corrected chi connectivity index (χ3v) is 11.1. The van der Waals surface area contributed by atoms with Crippen molar-refractivity contribution in [3.05, 3.63) is 150 Å². The van der Waals surface area contributed by atoms with Crippen molar-refractivity contribution in [1.29, 1.82) is 0 Å². The average Bonchev–Trinajstić information content (AvgIpc) is 3.86. The van der Waals surface area contributed by atoms with Crippen LogP contribution in [-0.2, 0) is 17.3 Å². The van der Waals surface area contributed by atoms with Gasteiger partial charge in [-0.15, -0.1) is 0 Å². The first-order chi connectivity index (χ1) is 27.6. The molecule has 5 heteroatoms. The predicted octanol–water partition coefficient (Wildman–Crippen LogP) is 14.8. The van der Waals surface area contributed by atoms with Crippen LogP contribution in [0.5, 0.6) is 0 Å². The van der Waals surface area contributed by atoms with Crippen LogP contribution in [0.25, 0.3) is 83.8 Å². The lowest BCUT2D eigenvalue weighted by atomic mass is 9.84. The fourth-order valence-corrected chi connectivity index (χ4v) is 7.96. The normalized spacial score (nSPS) is 12.6. The number of nitrogens with zero attached hydrogens (tertiary/aromatic N) is 3. The van der Waals surface area contributed by atoms with Gasteiger partial charge in [-0.25, -0.2) is 4.98 Å². The highest BCUT2D eigenvalue weighted by Crippen LogP contribution is 2.38. The molecule has 0 N–H and O–H groups in total. The van der Waals surface area contributed by atoms with Crippen LogP contribution in [0.4, 0.5) is 0 Å². The highest BCUT2D eigenvalue weighted by molar-refractivity contribution is 6.08. The van der Waals surface area contributed by atoms with E-state index in [-0.39, 0.29) is 16.2 Å². The molecular formula is C53H51N3O2. The smallest absolute Gasteiger partial charge is 0.173 e. The topological polar surface area (TPSA) is 57.0 Å². The van der Waals surface area contributed by atoms with Gasteiger partial charge in [0, 0.05) is 57.9 Å². The molecule has 0 saturated heterocycles. The molecule has 0 aliphatic carbocycles. The van der Waals surface area contributed by atoms with Gasteiger partial charge in [-0.05, 0) is 99.2 Å². The van der Waals surface area contributed by atoms with Crippen LogP contribution < -0.4 is 0 Å². The third kappa shape index (κ3) is 7.15. The van der Waals surface area contributed by atoms with E-state index in [1.54, 1.807) is 0 Å². The van der Waals surface area contributed by atoms with Crippen LogP contribution in [0, 0.1) is 5.41 Å².